The van der Waals surface area contributed by atoms with Crippen molar-refractivity contribution in [3.05, 3.63) is 71.8 Å². The molecule has 4 rings (SSSR count). The van der Waals surface area contributed by atoms with Crippen molar-refractivity contribution in [2.75, 3.05) is 0 Å². The Labute approximate surface area is 151 Å². The average Bonchev–Trinajstić information content (AvgIpc) is 3.06. The van der Waals surface area contributed by atoms with Gasteiger partial charge in [-0.25, -0.2) is 10.0 Å². The molecule has 0 aromatic heterocycles. The van der Waals surface area contributed by atoms with Gasteiger partial charge < -0.3 is 10.2 Å². The molecule has 7 nitrogen and oxygen atoms in total. The van der Waals surface area contributed by atoms with Gasteiger partial charge in [0, 0.05) is 6.42 Å². The maximum absolute atomic E-state index is 9.42. The summed E-state index contributed by atoms with van der Waals surface area (Å²) in [4.78, 5) is 4.59. The van der Waals surface area contributed by atoms with Crippen LogP contribution in [0.1, 0.15) is 11.1 Å². The second kappa shape index (κ2) is 6.89. The van der Waals surface area contributed by atoms with Crippen LogP contribution >= 0.6 is 0 Å². The van der Waals surface area contributed by atoms with Crippen molar-refractivity contribution in [2.45, 2.75) is 19.2 Å². The number of nitrogens with zero attached hydrogens (tertiary/aromatic N) is 3. The standard InChI is InChI=1S/C19H19N5O2/c25-12-14-2-1-3-15(10-14)20-17-8-9-18-21-22-19(24(18)23-17)11-13-4-6-16(26)7-5-13/h1-10,19,22,25-26H,11-12H2,(H,20,23). The molecule has 0 aliphatic carbocycles. The molecule has 132 valence electrons. The molecule has 2 aliphatic heterocycles. The quantitative estimate of drug-likeness (QED) is 0.675. The maximum atomic E-state index is 9.42. The minimum Gasteiger partial charge on any atom is -0.508 e. The van der Waals surface area contributed by atoms with Gasteiger partial charge in [0.1, 0.15) is 17.8 Å². The van der Waals surface area contributed by atoms with Gasteiger partial charge in [0.05, 0.1) is 12.3 Å². The van der Waals surface area contributed by atoms with Gasteiger partial charge >= 0.3 is 0 Å². The number of phenols is 1. The molecule has 7 heteroatoms. The van der Waals surface area contributed by atoms with Crippen molar-refractivity contribution in [1.82, 2.24) is 15.9 Å². The van der Waals surface area contributed by atoms with Crippen LogP contribution in [0.4, 0.5) is 5.69 Å². The van der Waals surface area contributed by atoms with Crippen LogP contribution in [-0.4, -0.2) is 33.1 Å². The van der Waals surface area contributed by atoms with Gasteiger partial charge in [0.15, 0.2) is 5.84 Å². The van der Waals surface area contributed by atoms with Crippen LogP contribution in [0.2, 0.25) is 0 Å². The number of aliphatic hydroxyl groups is 1. The van der Waals surface area contributed by atoms with Gasteiger partial charge in [-0.05, 0) is 47.5 Å². The molecule has 2 aromatic carbocycles. The number of benzene rings is 2. The van der Waals surface area contributed by atoms with E-state index in [0.717, 1.165) is 22.6 Å². The number of hydrogen-bond donors (Lipinski definition) is 4. The lowest BCUT2D eigenvalue weighted by atomic mass is 10.1. The monoisotopic (exact) mass is 349 g/mol. The molecular weight excluding hydrogens is 330 g/mol. The number of hydrogen-bond acceptors (Lipinski definition) is 6. The molecule has 2 heterocycles. The molecule has 0 spiro atoms. The first-order valence-corrected chi connectivity index (χ1v) is 8.35. The lowest BCUT2D eigenvalue weighted by Gasteiger charge is -2.29. The number of nitrogens with one attached hydrogen (secondary N) is 2. The number of rotatable bonds is 4. The molecule has 0 saturated heterocycles. The van der Waals surface area contributed by atoms with Gasteiger partial charge in [0.25, 0.3) is 0 Å². The number of amidine groups is 2. The fourth-order valence-corrected chi connectivity index (χ4v) is 2.90. The SMILES string of the molecule is OCc1cccc(N=C2C=CC3=NNC(Cc4ccc(O)cc4)N3N2)c1. The van der Waals surface area contributed by atoms with E-state index in [1.807, 2.05) is 53.6 Å². The van der Waals surface area contributed by atoms with Crippen LogP contribution in [0, 0.1) is 0 Å². The molecule has 0 bridgehead atoms. The van der Waals surface area contributed by atoms with E-state index >= 15 is 0 Å². The molecule has 0 radical (unpaired) electrons. The lowest BCUT2D eigenvalue weighted by Crippen LogP contribution is -2.53. The summed E-state index contributed by atoms with van der Waals surface area (Å²) in [6.07, 6.45) is 4.41. The molecule has 2 aromatic rings. The van der Waals surface area contributed by atoms with Gasteiger partial charge in [-0.15, -0.1) is 0 Å². The smallest absolute Gasteiger partial charge is 0.169 e. The van der Waals surface area contributed by atoms with E-state index < -0.39 is 0 Å². The lowest BCUT2D eigenvalue weighted by molar-refractivity contribution is 0.265. The Bertz CT molecular complexity index is 889. The van der Waals surface area contributed by atoms with E-state index in [4.69, 9.17) is 0 Å². The zero-order chi connectivity index (χ0) is 17.9. The van der Waals surface area contributed by atoms with Gasteiger partial charge in [0.2, 0.25) is 0 Å². The maximum Gasteiger partial charge on any atom is 0.169 e. The Morgan fingerprint density at radius 1 is 1.08 bits per heavy atom. The van der Waals surface area contributed by atoms with Crippen molar-refractivity contribution >= 4 is 17.4 Å². The number of aliphatic hydroxyl groups excluding tert-OH is 1. The van der Waals surface area contributed by atoms with E-state index in [1.165, 1.54) is 0 Å². The average molecular weight is 349 g/mol. The van der Waals surface area contributed by atoms with Crippen molar-refractivity contribution in [2.24, 2.45) is 10.1 Å². The van der Waals surface area contributed by atoms with Crippen molar-refractivity contribution in [3.63, 3.8) is 0 Å². The molecule has 0 saturated carbocycles. The first kappa shape index (κ1) is 16.2. The van der Waals surface area contributed by atoms with E-state index in [-0.39, 0.29) is 18.5 Å². The number of aromatic hydroxyl groups is 1. The molecule has 0 fully saturated rings. The Balaban J connectivity index is 1.50. The third kappa shape index (κ3) is 3.38. The summed E-state index contributed by atoms with van der Waals surface area (Å²) in [5.74, 6) is 1.74. The van der Waals surface area contributed by atoms with E-state index in [1.54, 1.807) is 12.1 Å². The van der Waals surface area contributed by atoms with Crippen LogP contribution in [0.3, 0.4) is 0 Å². The van der Waals surface area contributed by atoms with Crippen LogP contribution in [0.25, 0.3) is 0 Å². The summed E-state index contributed by atoms with van der Waals surface area (Å²) < 4.78 is 0. The third-order valence-corrected chi connectivity index (χ3v) is 4.22. The van der Waals surface area contributed by atoms with Crippen molar-refractivity contribution < 1.29 is 10.2 Å². The molecule has 26 heavy (non-hydrogen) atoms. The predicted octanol–water partition coefficient (Wildman–Crippen LogP) is 1.78. The second-order valence-electron chi connectivity index (χ2n) is 6.13. The zero-order valence-electron chi connectivity index (χ0n) is 14.0. The summed E-state index contributed by atoms with van der Waals surface area (Å²) in [7, 11) is 0. The van der Waals surface area contributed by atoms with Crippen LogP contribution < -0.4 is 10.9 Å². The highest BCUT2D eigenvalue weighted by atomic mass is 16.3. The Morgan fingerprint density at radius 2 is 1.92 bits per heavy atom. The van der Waals surface area contributed by atoms with Crippen LogP contribution in [0.15, 0.2) is 70.8 Å². The minimum absolute atomic E-state index is 0.0104. The van der Waals surface area contributed by atoms with E-state index in [0.29, 0.717) is 12.3 Å². The number of hydrazine groups is 1. The first-order valence-electron chi connectivity index (χ1n) is 8.35. The Morgan fingerprint density at radius 3 is 2.73 bits per heavy atom. The van der Waals surface area contributed by atoms with Gasteiger partial charge in [-0.3, -0.25) is 10.9 Å². The van der Waals surface area contributed by atoms with Gasteiger partial charge in [-0.2, -0.15) is 5.10 Å². The van der Waals surface area contributed by atoms with Crippen LogP contribution in [0.5, 0.6) is 5.75 Å². The molecule has 2 aliphatic rings. The summed E-state index contributed by atoms with van der Waals surface area (Å²) in [5.41, 5.74) is 9.06. The fraction of sp³-hybridized carbons (Fsp3) is 0.158. The molecule has 1 atom stereocenters. The van der Waals surface area contributed by atoms with Gasteiger partial charge in [-0.1, -0.05) is 24.3 Å². The van der Waals surface area contributed by atoms with E-state index in [2.05, 4.69) is 20.9 Å². The van der Waals surface area contributed by atoms with Crippen molar-refractivity contribution in [3.8, 4) is 5.75 Å². The first-order chi connectivity index (χ1) is 12.7. The van der Waals surface area contributed by atoms with Crippen molar-refractivity contribution in [1.29, 1.82) is 0 Å². The minimum atomic E-state index is -0.0616. The number of fused-ring (bicyclic) bond motifs is 1. The largest absolute Gasteiger partial charge is 0.508 e. The summed E-state index contributed by atoms with van der Waals surface area (Å²) in [5, 5.41) is 24.9. The highest BCUT2D eigenvalue weighted by Crippen LogP contribution is 2.18. The number of hydrazone groups is 1. The molecule has 0 amide bonds. The highest BCUT2D eigenvalue weighted by molar-refractivity contribution is 6.07. The zero-order valence-corrected chi connectivity index (χ0v) is 14.0. The number of aliphatic imine (C=N–C) groups is 1. The normalized spacial score (nSPS) is 19.7. The molecular formula is C19H19N5O2. The highest BCUT2D eigenvalue weighted by Gasteiger charge is 2.29. The molecule has 4 N–H and O–H groups in total. The number of phenolic OH excluding ortho intramolecular Hbond substituents is 1. The summed E-state index contributed by atoms with van der Waals surface area (Å²) in [6.45, 7) is -0.0104. The second-order valence-corrected chi connectivity index (χ2v) is 6.13. The summed E-state index contributed by atoms with van der Waals surface area (Å²) in [6, 6.07) is 14.6. The fourth-order valence-electron chi connectivity index (χ4n) is 2.90. The molecule has 1 unspecified atom stereocenters. The van der Waals surface area contributed by atoms with E-state index in [9.17, 15) is 10.2 Å². The third-order valence-electron chi connectivity index (χ3n) is 4.22. The topological polar surface area (TPSA) is 92.5 Å². The summed E-state index contributed by atoms with van der Waals surface area (Å²) >= 11 is 0. The predicted molar refractivity (Wildman–Crippen MR) is 99.7 cm³/mol. The Kier molecular flexibility index (Phi) is 4.28. The Hall–Kier alpha value is -3.32. The van der Waals surface area contributed by atoms with Crippen LogP contribution in [-0.2, 0) is 13.0 Å².